The van der Waals surface area contributed by atoms with E-state index in [2.05, 4.69) is 49.1 Å². The van der Waals surface area contributed by atoms with Crippen LogP contribution in [0.5, 0.6) is 0 Å². The van der Waals surface area contributed by atoms with E-state index in [-0.39, 0.29) is 0 Å². The Balaban J connectivity index is 1.48. The standard InChI is InChI=1S/C21H32N6O/c1-17(15-27-9-11-28-12-10-27)13-24-21(22-2)26(3)16-20-23-14-19(25-20)18-7-5-4-6-8-18/h4-8,14,17H,9-13,15-16H2,1-3H3,(H,22,24)(H,23,25). The van der Waals surface area contributed by atoms with Crippen molar-refractivity contribution in [1.82, 2.24) is 25.1 Å². The van der Waals surface area contributed by atoms with Crippen molar-refractivity contribution in [2.75, 3.05) is 53.5 Å². The second-order valence-corrected chi connectivity index (χ2v) is 7.41. The third-order valence-electron chi connectivity index (χ3n) is 4.96. The van der Waals surface area contributed by atoms with Crippen LogP contribution >= 0.6 is 0 Å². The fourth-order valence-corrected chi connectivity index (χ4v) is 3.45. The number of imidazole rings is 1. The first kappa shape index (κ1) is 20.4. The van der Waals surface area contributed by atoms with Gasteiger partial charge in [0.15, 0.2) is 5.96 Å². The summed E-state index contributed by atoms with van der Waals surface area (Å²) in [6, 6.07) is 10.2. The van der Waals surface area contributed by atoms with Gasteiger partial charge in [0, 0.05) is 40.3 Å². The molecule has 152 valence electrons. The molecule has 2 heterocycles. The van der Waals surface area contributed by atoms with Gasteiger partial charge in [-0.2, -0.15) is 0 Å². The number of hydrogen-bond acceptors (Lipinski definition) is 4. The van der Waals surface area contributed by atoms with E-state index in [1.54, 1.807) is 0 Å². The van der Waals surface area contributed by atoms with Crippen LogP contribution in [0, 0.1) is 5.92 Å². The largest absolute Gasteiger partial charge is 0.379 e. The maximum absolute atomic E-state index is 5.42. The number of H-pyrrole nitrogens is 1. The number of rotatable bonds is 7. The predicted octanol–water partition coefficient (Wildman–Crippen LogP) is 2.05. The molecule has 1 saturated heterocycles. The number of aromatic nitrogens is 2. The fourth-order valence-electron chi connectivity index (χ4n) is 3.45. The quantitative estimate of drug-likeness (QED) is 0.565. The highest BCUT2D eigenvalue weighted by Gasteiger charge is 2.15. The summed E-state index contributed by atoms with van der Waals surface area (Å²) in [6.45, 7) is 8.66. The van der Waals surface area contributed by atoms with Crippen molar-refractivity contribution < 1.29 is 4.74 Å². The molecule has 1 unspecified atom stereocenters. The highest BCUT2D eigenvalue weighted by Crippen LogP contribution is 2.16. The second-order valence-electron chi connectivity index (χ2n) is 7.41. The van der Waals surface area contributed by atoms with Gasteiger partial charge in [0.1, 0.15) is 5.82 Å². The summed E-state index contributed by atoms with van der Waals surface area (Å²) in [5, 5.41) is 3.49. The van der Waals surface area contributed by atoms with E-state index < -0.39 is 0 Å². The highest BCUT2D eigenvalue weighted by atomic mass is 16.5. The number of nitrogens with one attached hydrogen (secondary N) is 2. The van der Waals surface area contributed by atoms with E-state index in [4.69, 9.17) is 4.74 Å². The molecule has 7 nitrogen and oxygen atoms in total. The Morgan fingerprint density at radius 2 is 2.07 bits per heavy atom. The maximum atomic E-state index is 5.42. The Labute approximate surface area is 167 Å². The highest BCUT2D eigenvalue weighted by molar-refractivity contribution is 5.79. The molecule has 1 aromatic heterocycles. The zero-order valence-electron chi connectivity index (χ0n) is 17.2. The van der Waals surface area contributed by atoms with Crippen LogP contribution in [0.3, 0.4) is 0 Å². The molecular weight excluding hydrogens is 352 g/mol. The Morgan fingerprint density at radius 1 is 1.32 bits per heavy atom. The summed E-state index contributed by atoms with van der Waals surface area (Å²) >= 11 is 0. The van der Waals surface area contributed by atoms with Gasteiger partial charge in [0.2, 0.25) is 0 Å². The zero-order valence-corrected chi connectivity index (χ0v) is 17.2. The molecule has 0 saturated carbocycles. The molecule has 0 bridgehead atoms. The first-order valence-corrected chi connectivity index (χ1v) is 9.97. The molecule has 1 aliphatic rings. The summed E-state index contributed by atoms with van der Waals surface area (Å²) < 4.78 is 5.42. The van der Waals surface area contributed by atoms with Gasteiger partial charge < -0.3 is 19.9 Å². The minimum atomic E-state index is 0.538. The van der Waals surface area contributed by atoms with Crippen molar-refractivity contribution in [3.63, 3.8) is 0 Å². The molecule has 1 fully saturated rings. The van der Waals surface area contributed by atoms with Gasteiger partial charge in [-0.3, -0.25) is 9.89 Å². The summed E-state index contributed by atoms with van der Waals surface area (Å²) in [7, 11) is 3.86. The number of benzene rings is 1. The van der Waals surface area contributed by atoms with Gasteiger partial charge >= 0.3 is 0 Å². The molecule has 3 rings (SSSR count). The SMILES string of the molecule is CN=C(NCC(C)CN1CCOCC1)N(C)Cc1ncc(-c2ccccc2)[nH]1. The summed E-state index contributed by atoms with van der Waals surface area (Å²) in [4.78, 5) is 16.9. The lowest BCUT2D eigenvalue weighted by Crippen LogP contribution is -2.44. The van der Waals surface area contributed by atoms with E-state index in [1.807, 2.05) is 38.5 Å². The average molecular weight is 385 g/mol. The van der Waals surface area contributed by atoms with E-state index in [1.165, 1.54) is 0 Å². The lowest BCUT2D eigenvalue weighted by Gasteiger charge is -2.30. The van der Waals surface area contributed by atoms with Crippen molar-refractivity contribution in [3.05, 3.63) is 42.4 Å². The Kier molecular flexibility index (Phi) is 7.45. The predicted molar refractivity (Wildman–Crippen MR) is 113 cm³/mol. The third kappa shape index (κ3) is 5.81. The van der Waals surface area contributed by atoms with Crippen molar-refractivity contribution in [2.45, 2.75) is 13.5 Å². The molecule has 0 amide bonds. The van der Waals surface area contributed by atoms with Gasteiger partial charge in [-0.05, 0) is 11.5 Å². The van der Waals surface area contributed by atoms with E-state index in [0.717, 1.165) is 62.4 Å². The van der Waals surface area contributed by atoms with Crippen LogP contribution in [0.2, 0.25) is 0 Å². The molecule has 2 N–H and O–H groups in total. The van der Waals surface area contributed by atoms with E-state index >= 15 is 0 Å². The molecule has 7 heteroatoms. The van der Waals surface area contributed by atoms with Crippen molar-refractivity contribution >= 4 is 5.96 Å². The molecule has 0 spiro atoms. The average Bonchev–Trinajstić information content (AvgIpc) is 3.18. The van der Waals surface area contributed by atoms with Crippen LogP contribution in [-0.4, -0.2) is 79.2 Å². The minimum Gasteiger partial charge on any atom is -0.379 e. The number of aliphatic imine (C=N–C) groups is 1. The van der Waals surface area contributed by atoms with E-state index in [9.17, 15) is 0 Å². The molecule has 28 heavy (non-hydrogen) atoms. The first-order chi connectivity index (χ1) is 13.7. The number of morpholine rings is 1. The van der Waals surface area contributed by atoms with Gasteiger partial charge in [-0.25, -0.2) is 4.98 Å². The van der Waals surface area contributed by atoms with Gasteiger partial charge in [-0.15, -0.1) is 0 Å². The van der Waals surface area contributed by atoms with Crippen LogP contribution in [-0.2, 0) is 11.3 Å². The van der Waals surface area contributed by atoms with Gasteiger partial charge in [0.05, 0.1) is 31.6 Å². The fraction of sp³-hybridized carbons (Fsp3) is 0.524. The number of hydrogen-bond donors (Lipinski definition) is 2. The normalized spacial score (nSPS) is 16.8. The van der Waals surface area contributed by atoms with Crippen molar-refractivity contribution in [3.8, 4) is 11.3 Å². The molecule has 1 aromatic carbocycles. The van der Waals surface area contributed by atoms with Crippen LogP contribution < -0.4 is 5.32 Å². The topological polar surface area (TPSA) is 68.8 Å². The zero-order chi connectivity index (χ0) is 19.8. The minimum absolute atomic E-state index is 0.538. The van der Waals surface area contributed by atoms with E-state index in [0.29, 0.717) is 12.5 Å². The molecular formula is C21H32N6O. The smallest absolute Gasteiger partial charge is 0.193 e. The molecule has 1 atom stereocenters. The summed E-state index contributed by atoms with van der Waals surface area (Å²) in [5.41, 5.74) is 2.18. The number of guanidine groups is 1. The first-order valence-electron chi connectivity index (χ1n) is 9.97. The number of aromatic amines is 1. The molecule has 0 radical (unpaired) electrons. The molecule has 1 aliphatic heterocycles. The van der Waals surface area contributed by atoms with Crippen molar-refractivity contribution in [2.24, 2.45) is 10.9 Å². The monoisotopic (exact) mass is 384 g/mol. The Morgan fingerprint density at radius 3 is 2.79 bits per heavy atom. The second kappa shape index (κ2) is 10.2. The van der Waals surface area contributed by atoms with Gasteiger partial charge in [0.25, 0.3) is 0 Å². The molecule has 2 aromatic rings. The van der Waals surface area contributed by atoms with Crippen LogP contribution in [0.25, 0.3) is 11.3 Å². The van der Waals surface area contributed by atoms with Crippen molar-refractivity contribution in [1.29, 1.82) is 0 Å². The third-order valence-corrected chi connectivity index (χ3v) is 4.96. The number of nitrogens with zero attached hydrogens (tertiary/aromatic N) is 4. The summed E-state index contributed by atoms with van der Waals surface area (Å²) in [6.07, 6.45) is 1.89. The number of ether oxygens (including phenoxy) is 1. The van der Waals surface area contributed by atoms with Crippen LogP contribution in [0.1, 0.15) is 12.7 Å². The lowest BCUT2D eigenvalue weighted by molar-refractivity contribution is 0.0320. The Bertz CT molecular complexity index is 738. The van der Waals surface area contributed by atoms with Gasteiger partial charge in [-0.1, -0.05) is 37.3 Å². The van der Waals surface area contributed by atoms with Crippen LogP contribution in [0.15, 0.2) is 41.5 Å². The Hall–Kier alpha value is -2.38. The summed E-state index contributed by atoms with van der Waals surface area (Å²) in [5.74, 6) is 2.34. The molecule has 0 aliphatic carbocycles. The maximum Gasteiger partial charge on any atom is 0.193 e. The van der Waals surface area contributed by atoms with Crippen LogP contribution in [0.4, 0.5) is 0 Å². The lowest BCUT2D eigenvalue weighted by atomic mass is 10.1.